The highest BCUT2D eigenvalue weighted by Crippen LogP contribution is 2.25. The monoisotopic (exact) mass is 322 g/mol. The van der Waals surface area contributed by atoms with Gasteiger partial charge in [-0.1, -0.05) is 0 Å². The van der Waals surface area contributed by atoms with Crippen LogP contribution in [-0.4, -0.2) is 80.7 Å². The zero-order chi connectivity index (χ0) is 15.6. The topological polar surface area (TPSA) is 96.4 Å². The van der Waals surface area contributed by atoms with Crippen molar-refractivity contribution in [3.05, 3.63) is 0 Å². The van der Waals surface area contributed by atoms with Crippen molar-refractivity contribution in [2.45, 2.75) is 25.0 Å². The molecule has 21 heavy (non-hydrogen) atoms. The number of hydrogen-bond donors (Lipinski definition) is 1. The van der Waals surface area contributed by atoms with Gasteiger partial charge in [0.1, 0.15) is 0 Å². The Morgan fingerprint density at radius 2 is 1.52 bits per heavy atom. The van der Waals surface area contributed by atoms with Gasteiger partial charge in [0.15, 0.2) is 0 Å². The molecule has 0 aromatic carbocycles. The second-order valence-electron chi connectivity index (χ2n) is 5.38. The normalized spacial score (nSPS) is 29.8. The first-order valence-corrected chi connectivity index (χ1v) is 8.33. The van der Waals surface area contributed by atoms with Crippen LogP contribution >= 0.6 is 0 Å². The molecule has 0 radical (unpaired) electrons. The third-order valence-electron chi connectivity index (χ3n) is 4.24. The van der Waals surface area contributed by atoms with Gasteiger partial charge in [-0.3, -0.25) is 4.79 Å². The number of piperidine rings is 1. The van der Waals surface area contributed by atoms with Gasteiger partial charge >= 0.3 is 5.97 Å². The van der Waals surface area contributed by atoms with Crippen LogP contribution in [0.1, 0.15) is 12.8 Å². The summed E-state index contributed by atoms with van der Waals surface area (Å²) in [6.07, 6.45) is 0.149. The van der Waals surface area contributed by atoms with Crippen molar-refractivity contribution in [3.8, 4) is 0 Å². The van der Waals surface area contributed by atoms with Crippen molar-refractivity contribution in [3.63, 3.8) is 0 Å². The van der Waals surface area contributed by atoms with Crippen LogP contribution in [0.15, 0.2) is 0 Å². The summed E-state index contributed by atoms with van der Waals surface area (Å²) < 4.78 is 38.4. The standard InChI is InChI=1S/C12H22N2O6S/c1-19-10-7-14(8-11(10)20-2)21(17,18)13-5-3-9(4-6-13)12(15)16/h9-11H,3-8H2,1-2H3,(H,15,16). The molecule has 2 fully saturated rings. The van der Waals surface area contributed by atoms with E-state index in [0.29, 0.717) is 12.8 Å². The number of carbonyl (C=O) groups is 1. The lowest BCUT2D eigenvalue weighted by Crippen LogP contribution is -2.47. The van der Waals surface area contributed by atoms with E-state index in [0.717, 1.165) is 0 Å². The molecular weight excluding hydrogens is 300 g/mol. The lowest BCUT2D eigenvalue weighted by Gasteiger charge is -2.32. The Hall–Kier alpha value is -0.740. The molecule has 122 valence electrons. The lowest BCUT2D eigenvalue weighted by molar-refractivity contribution is -0.142. The highest BCUT2D eigenvalue weighted by atomic mass is 32.2. The minimum absolute atomic E-state index is 0.241. The second-order valence-corrected chi connectivity index (χ2v) is 7.31. The average Bonchev–Trinajstić information content (AvgIpc) is 2.91. The maximum absolute atomic E-state index is 12.6. The molecule has 2 heterocycles. The summed E-state index contributed by atoms with van der Waals surface area (Å²) in [5, 5.41) is 8.96. The summed E-state index contributed by atoms with van der Waals surface area (Å²) in [6, 6.07) is 0. The van der Waals surface area contributed by atoms with E-state index in [1.165, 1.54) is 22.8 Å². The van der Waals surface area contributed by atoms with Gasteiger partial charge in [0, 0.05) is 40.4 Å². The van der Waals surface area contributed by atoms with Crippen molar-refractivity contribution in [2.24, 2.45) is 5.92 Å². The number of hydrogen-bond acceptors (Lipinski definition) is 5. The van der Waals surface area contributed by atoms with Gasteiger partial charge in [-0.05, 0) is 12.8 Å². The predicted octanol–water partition coefficient (Wildman–Crippen LogP) is -0.627. The van der Waals surface area contributed by atoms with Gasteiger partial charge in [0.25, 0.3) is 10.2 Å². The maximum atomic E-state index is 12.6. The molecule has 0 saturated carbocycles. The predicted molar refractivity (Wildman–Crippen MR) is 74.0 cm³/mol. The Morgan fingerprint density at radius 1 is 1.05 bits per heavy atom. The summed E-state index contributed by atoms with van der Waals surface area (Å²) >= 11 is 0. The van der Waals surface area contributed by atoms with E-state index < -0.39 is 22.1 Å². The Kier molecular flexibility index (Phi) is 5.20. The van der Waals surface area contributed by atoms with Gasteiger partial charge in [-0.25, -0.2) is 0 Å². The van der Waals surface area contributed by atoms with Crippen molar-refractivity contribution >= 4 is 16.2 Å². The van der Waals surface area contributed by atoms with E-state index >= 15 is 0 Å². The Labute approximate surface area is 124 Å². The summed E-state index contributed by atoms with van der Waals surface area (Å²) in [4.78, 5) is 10.9. The molecule has 0 aliphatic carbocycles. The van der Waals surface area contributed by atoms with E-state index in [-0.39, 0.29) is 38.4 Å². The summed E-state index contributed by atoms with van der Waals surface area (Å²) in [5.41, 5.74) is 0. The van der Waals surface area contributed by atoms with Crippen LogP contribution in [0.5, 0.6) is 0 Å². The van der Waals surface area contributed by atoms with Gasteiger partial charge in [0.05, 0.1) is 18.1 Å². The minimum atomic E-state index is -3.58. The number of nitrogens with zero attached hydrogens (tertiary/aromatic N) is 2. The van der Waals surface area contributed by atoms with Crippen molar-refractivity contribution in [2.75, 3.05) is 40.4 Å². The van der Waals surface area contributed by atoms with Crippen molar-refractivity contribution < 1.29 is 27.8 Å². The van der Waals surface area contributed by atoms with Crippen molar-refractivity contribution in [1.82, 2.24) is 8.61 Å². The Bertz CT molecular complexity index is 462. The van der Waals surface area contributed by atoms with Gasteiger partial charge < -0.3 is 14.6 Å². The highest BCUT2D eigenvalue weighted by molar-refractivity contribution is 7.86. The zero-order valence-corrected chi connectivity index (χ0v) is 13.1. The molecule has 2 unspecified atom stereocenters. The summed E-state index contributed by atoms with van der Waals surface area (Å²) in [5.74, 6) is -1.31. The first-order valence-electron chi connectivity index (χ1n) is 6.93. The first kappa shape index (κ1) is 16.6. The maximum Gasteiger partial charge on any atom is 0.306 e. The van der Waals surface area contributed by atoms with Crippen LogP contribution in [0, 0.1) is 5.92 Å². The van der Waals surface area contributed by atoms with E-state index in [9.17, 15) is 13.2 Å². The third kappa shape index (κ3) is 3.37. The number of aliphatic carboxylic acids is 1. The molecule has 0 amide bonds. The molecule has 0 aromatic rings. The van der Waals surface area contributed by atoms with E-state index in [1.54, 1.807) is 0 Å². The molecule has 2 aliphatic rings. The fourth-order valence-electron chi connectivity index (χ4n) is 2.85. The van der Waals surface area contributed by atoms with Crippen LogP contribution in [0.3, 0.4) is 0 Å². The SMILES string of the molecule is COC1CN(S(=O)(=O)N2CCC(C(=O)O)CC2)CC1OC. The summed E-state index contributed by atoms with van der Waals surface area (Å²) in [6.45, 7) is 1.00. The summed E-state index contributed by atoms with van der Waals surface area (Å²) in [7, 11) is -0.517. The molecule has 2 rings (SSSR count). The van der Waals surface area contributed by atoms with Crippen molar-refractivity contribution in [1.29, 1.82) is 0 Å². The van der Waals surface area contributed by atoms with Crippen LogP contribution in [0.25, 0.3) is 0 Å². The molecule has 0 aromatic heterocycles. The van der Waals surface area contributed by atoms with Crippen LogP contribution < -0.4 is 0 Å². The molecule has 1 N–H and O–H groups in total. The number of carboxylic acid groups (broad SMARTS) is 1. The smallest absolute Gasteiger partial charge is 0.306 e. The highest BCUT2D eigenvalue weighted by Gasteiger charge is 2.42. The molecule has 0 bridgehead atoms. The van der Waals surface area contributed by atoms with Crippen LogP contribution in [0.2, 0.25) is 0 Å². The Balaban J connectivity index is 2.01. The molecule has 8 nitrogen and oxygen atoms in total. The van der Waals surface area contributed by atoms with Gasteiger partial charge in [-0.2, -0.15) is 17.0 Å². The number of methoxy groups -OCH3 is 2. The lowest BCUT2D eigenvalue weighted by atomic mass is 9.99. The average molecular weight is 322 g/mol. The van der Waals surface area contributed by atoms with Crippen LogP contribution in [0.4, 0.5) is 0 Å². The second kappa shape index (κ2) is 6.57. The fourth-order valence-corrected chi connectivity index (χ4v) is 4.52. The number of rotatable bonds is 5. The third-order valence-corrected chi connectivity index (χ3v) is 6.21. The fraction of sp³-hybridized carbons (Fsp3) is 0.917. The molecule has 9 heteroatoms. The van der Waals surface area contributed by atoms with Gasteiger partial charge in [0.2, 0.25) is 0 Å². The largest absolute Gasteiger partial charge is 0.481 e. The van der Waals surface area contributed by atoms with E-state index in [1.807, 2.05) is 0 Å². The van der Waals surface area contributed by atoms with E-state index in [2.05, 4.69) is 0 Å². The molecular formula is C12H22N2O6S. The number of ether oxygens (including phenoxy) is 2. The zero-order valence-electron chi connectivity index (χ0n) is 12.3. The minimum Gasteiger partial charge on any atom is -0.481 e. The molecule has 0 spiro atoms. The van der Waals surface area contributed by atoms with E-state index in [4.69, 9.17) is 14.6 Å². The van der Waals surface area contributed by atoms with Crippen LogP contribution in [-0.2, 0) is 24.5 Å². The van der Waals surface area contributed by atoms with Gasteiger partial charge in [-0.15, -0.1) is 0 Å². The number of carboxylic acids is 1. The molecule has 2 atom stereocenters. The first-order chi connectivity index (χ1) is 9.90. The Morgan fingerprint density at radius 3 is 1.90 bits per heavy atom. The molecule has 2 saturated heterocycles. The molecule has 2 aliphatic heterocycles. The quantitative estimate of drug-likeness (QED) is 0.724.